The highest BCUT2D eigenvalue weighted by Crippen LogP contribution is 2.48. The van der Waals surface area contributed by atoms with Gasteiger partial charge in [-0.1, -0.05) is 99.2 Å². The lowest BCUT2D eigenvalue weighted by molar-refractivity contribution is 0.404. The van der Waals surface area contributed by atoms with Gasteiger partial charge in [0.1, 0.15) is 0 Å². The lowest BCUT2D eigenvalue weighted by Gasteiger charge is -2.29. The second-order valence-corrected chi connectivity index (χ2v) is 13.9. The van der Waals surface area contributed by atoms with Crippen LogP contribution in [0.25, 0.3) is 33.8 Å². The largest absolute Gasteiger partial charge is 0.333 e. The summed E-state index contributed by atoms with van der Waals surface area (Å²) >= 11 is 0. The molecule has 0 radical (unpaired) electrons. The summed E-state index contributed by atoms with van der Waals surface area (Å²) < 4.78 is 2.50. The summed E-state index contributed by atoms with van der Waals surface area (Å²) in [4.78, 5) is 2.44. The molecule has 1 aromatic heterocycles. The van der Waals surface area contributed by atoms with Gasteiger partial charge in [0.05, 0.1) is 23.2 Å². The van der Waals surface area contributed by atoms with E-state index in [1.807, 2.05) is 6.07 Å². The summed E-state index contributed by atoms with van der Waals surface area (Å²) in [5.74, 6) is 0.233. The molecule has 5 aromatic rings. The number of nitrogens with zero attached hydrogens (tertiary/aromatic N) is 3. The van der Waals surface area contributed by atoms with Gasteiger partial charge in [-0.2, -0.15) is 5.26 Å². The van der Waals surface area contributed by atoms with Gasteiger partial charge in [-0.05, 0) is 89.9 Å². The molecule has 0 N–H and O–H groups in total. The minimum atomic E-state index is 0.189. The molecule has 45 heavy (non-hydrogen) atoms. The lowest BCUT2D eigenvalue weighted by Crippen LogP contribution is -2.28. The topological polar surface area (TPSA) is 32.0 Å². The first-order chi connectivity index (χ1) is 21.9. The Morgan fingerprint density at radius 1 is 0.800 bits per heavy atom. The van der Waals surface area contributed by atoms with Gasteiger partial charge in [0.25, 0.3) is 0 Å². The van der Waals surface area contributed by atoms with Crippen molar-refractivity contribution in [1.29, 1.82) is 5.26 Å². The Hall–Kier alpha value is -5.07. The van der Waals surface area contributed by atoms with E-state index in [1.165, 1.54) is 50.2 Å². The van der Waals surface area contributed by atoms with Gasteiger partial charge in [-0.25, -0.2) is 0 Å². The van der Waals surface area contributed by atoms with Gasteiger partial charge < -0.3 is 9.47 Å². The van der Waals surface area contributed by atoms with Gasteiger partial charge in [0.15, 0.2) is 0 Å². The first kappa shape index (κ1) is 27.5. The third kappa shape index (κ3) is 4.73. The number of fused-ring (bicyclic) bond motifs is 6. The van der Waals surface area contributed by atoms with E-state index in [9.17, 15) is 5.26 Å². The summed E-state index contributed by atoms with van der Waals surface area (Å²) in [6.07, 6.45) is 14.6. The van der Waals surface area contributed by atoms with Crippen LogP contribution < -0.4 is 4.90 Å². The molecule has 220 valence electrons. The molecule has 1 aliphatic heterocycles. The number of nitriles is 1. The van der Waals surface area contributed by atoms with Crippen LogP contribution in [0.3, 0.4) is 0 Å². The van der Waals surface area contributed by atoms with E-state index in [0.717, 1.165) is 24.9 Å². The molecule has 8 rings (SSSR count). The van der Waals surface area contributed by atoms with Crippen LogP contribution in [0.5, 0.6) is 0 Å². The predicted molar refractivity (Wildman–Crippen MR) is 187 cm³/mol. The van der Waals surface area contributed by atoms with Crippen LogP contribution in [0.1, 0.15) is 61.9 Å². The second kappa shape index (κ2) is 10.5. The SMILES string of the molecule is CC(C)(C)CC1=Cc2c(n(-c3cccc(-c4cccc(N5c6ccc(C#N)cc6C6C=CC=CC65)c4)c3)c3ccccc23)CC1. The van der Waals surface area contributed by atoms with Gasteiger partial charge in [0.2, 0.25) is 0 Å². The molecule has 3 nitrogen and oxygen atoms in total. The van der Waals surface area contributed by atoms with Crippen LogP contribution in [-0.2, 0) is 6.42 Å². The molecule has 2 atom stereocenters. The highest BCUT2D eigenvalue weighted by molar-refractivity contribution is 5.94. The summed E-state index contributed by atoms with van der Waals surface area (Å²) in [6.45, 7) is 7.00. The Labute approximate surface area is 266 Å². The Morgan fingerprint density at radius 2 is 1.56 bits per heavy atom. The van der Waals surface area contributed by atoms with E-state index in [1.54, 1.807) is 5.57 Å². The van der Waals surface area contributed by atoms with Gasteiger partial charge in [0, 0.05) is 39.6 Å². The van der Waals surface area contributed by atoms with Gasteiger partial charge in [-0.3, -0.25) is 0 Å². The standard InChI is InChI=1S/C42H37N3/c1-42(2,3)26-28-18-20-40-36(22-28)34-14-4-6-16-38(34)44(40)32-12-8-10-30(24-32)31-11-9-13-33(25-31)45-39-17-7-5-15-35(39)37-23-29(27-43)19-21-41(37)45/h4-17,19,21-25,35,39H,18,20,26H2,1-3H3. The zero-order valence-electron chi connectivity index (χ0n) is 26.2. The summed E-state index contributed by atoms with van der Waals surface area (Å²) in [5.41, 5.74) is 13.8. The van der Waals surface area contributed by atoms with Crippen molar-refractivity contribution < 1.29 is 0 Å². The van der Waals surface area contributed by atoms with Crippen LogP contribution in [0, 0.1) is 16.7 Å². The maximum atomic E-state index is 9.58. The van der Waals surface area contributed by atoms with Crippen molar-refractivity contribution in [3.63, 3.8) is 0 Å². The maximum Gasteiger partial charge on any atom is 0.0991 e. The highest BCUT2D eigenvalue weighted by Gasteiger charge is 2.37. The summed E-state index contributed by atoms with van der Waals surface area (Å²) in [7, 11) is 0. The number of hydrogen-bond donors (Lipinski definition) is 0. The molecule has 2 heterocycles. The fraction of sp³-hybridized carbons (Fsp3) is 0.214. The van der Waals surface area contributed by atoms with E-state index >= 15 is 0 Å². The van der Waals surface area contributed by atoms with Crippen LogP contribution in [0.2, 0.25) is 0 Å². The van der Waals surface area contributed by atoms with Crippen LogP contribution in [-0.4, -0.2) is 10.6 Å². The molecule has 3 aliphatic rings. The molecule has 0 saturated carbocycles. The average Bonchev–Trinajstić information content (AvgIpc) is 3.56. The molecule has 0 amide bonds. The number of anilines is 2. The predicted octanol–water partition coefficient (Wildman–Crippen LogP) is 10.7. The van der Waals surface area contributed by atoms with Crippen molar-refractivity contribution in [2.24, 2.45) is 5.41 Å². The first-order valence-corrected chi connectivity index (χ1v) is 16.1. The molecule has 3 heteroatoms. The summed E-state index contributed by atoms with van der Waals surface area (Å²) in [6, 6.07) is 35.5. The smallest absolute Gasteiger partial charge is 0.0991 e. The monoisotopic (exact) mass is 583 g/mol. The Morgan fingerprint density at radius 3 is 2.36 bits per heavy atom. The van der Waals surface area contributed by atoms with Crippen molar-refractivity contribution in [1.82, 2.24) is 4.57 Å². The third-order valence-corrected chi connectivity index (χ3v) is 9.55. The van der Waals surface area contributed by atoms with E-state index in [-0.39, 0.29) is 17.4 Å². The molecule has 0 bridgehead atoms. The number of allylic oxidation sites excluding steroid dienone is 3. The van der Waals surface area contributed by atoms with Crippen molar-refractivity contribution in [3.8, 4) is 22.9 Å². The quantitative estimate of drug-likeness (QED) is 0.211. The maximum absolute atomic E-state index is 9.58. The van der Waals surface area contributed by atoms with Crippen molar-refractivity contribution in [3.05, 3.63) is 143 Å². The molecular formula is C42H37N3. The zero-order chi connectivity index (χ0) is 30.7. The van der Waals surface area contributed by atoms with Gasteiger partial charge >= 0.3 is 0 Å². The minimum absolute atomic E-state index is 0.189. The van der Waals surface area contributed by atoms with Crippen LogP contribution in [0.4, 0.5) is 11.4 Å². The van der Waals surface area contributed by atoms with E-state index in [4.69, 9.17) is 0 Å². The van der Waals surface area contributed by atoms with Crippen molar-refractivity contribution in [2.45, 2.75) is 52.0 Å². The summed E-state index contributed by atoms with van der Waals surface area (Å²) in [5, 5.41) is 10.9. The van der Waals surface area contributed by atoms with Crippen LogP contribution in [0.15, 0.2) is 121 Å². The zero-order valence-corrected chi connectivity index (χ0v) is 26.2. The fourth-order valence-corrected chi connectivity index (χ4v) is 7.77. The fourth-order valence-electron chi connectivity index (χ4n) is 7.77. The number of rotatable bonds is 4. The number of benzene rings is 4. The minimum Gasteiger partial charge on any atom is -0.333 e. The van der Waals surface area contributed by atoms with Gasteiger partial charge in [-0.15, -0.1) is 0 Å². The van der Waals surface area contributed by atoms with E-state index < -0.39 is 0 Å². The molecular weight excluding hydrogens is 546 g/mol. The molecule has 0 fully saturated rings. The molecule has 0 saturated heterocycles. The van der Waals surface area contributed by atoms with E-state index in [2.05, 4.69) is 152 Å². The second-order valence-electron chi connectivity index (χ2n) is 13.9. The highest BCUT2D eigenvalue weighted by atomic mass is 15.2. The third-order valence-electron chi connectivity index (χ3n) is 9.55. The number of hydrogen-bond acceptors (Lipinski definition) is 2. The molecule has 0 spiro atoms. The van der Waals surface area contributed by atoms with Crippen molar-refractivity contribution in [2.75, 3.05) is 4.90 Å². The Bertz CT molecular complexity index is 2110. The normalized spacial score (nSPS) is 18.4. The van der Waals surface area contributed by atoms with E-state index in [0.29, 0.717) is 5.56 Å². The Kier molecular flexibility index (Phi) is 6.43. The molecule has 2 unspecified atom stereocenters. The first-order valence-electron chi connectivity index (χ1n) is 16.1. The molecule has 4 aromatic carbocycles. The average molecular weight is 584 g/mol. The Balaban J connectivity index is 1.20. The number of aromatic nitrogens is 1. The molecule has 2 aliphatic carbocycles. The lowest BCUT2D eigenvalue weighted by atomic mass is 9.83. The van der Waals surface area contributed by atoms with Crippen LogP contribution >= 0.6 is 0 Å². The van der Waals surface area contributed by atoms with Crippen molar-refractivity contribution >= 4 is 28.4 Å². The number of para-hydroxylation sites is 1.